The van der Waals surface area contributed by atoms with Crippen LogP contribution in [0.3, 0.4) is 0 Å². The monoisotopic (exact) mass is 240 g/mol. The van der Waals surface area contributed by atoms with Crippen LogP contribution in [0.25, 0.3) is 0 Å². The molecule has 1 aromatic carbocycles. The van der Waals surface area contributed by atoms with E-state index in [0.717, 1.165) is 17.9 Å². The van der Waals surface area contributed by atoms with Gasteiger partial charge in [-0.05, 0) is 38.1 Å². The van der Waals surface area contributed by atoms with Crippen LogP contribution in [-0.4, -0.2) is 11.5 Å². The molecule has 1 N–H and O–H groups in total. The molecule has 18 heavy (non-hydrogen) atoms. The van der Waals surface area contributed by atoms with Crippen molar-refractivity contribution in [3.05, 3.63) is 65.0 Å². The van der Waals surface area contributed by atoms with Gasteiger partial charge >= 0.3 is 0 Å². The molecule has 0 aliphatic heterocycles. The summed E-state index contributed by atoms with van der Waals surface area (Å²) in [5.41, 5.74) is 4.69. The number of nitrogens with zero attached hydrogens (tertiary/aromatic N) is 1. The van der Waals surface area contributed by atoms with E-state index < -0.39 is 0 Å². The molecule has 94 valence electrons. The fraction of sp³-hybridized carbons (Fsp3) is 0.312. The van der Waals surface area contributed by atoms with Crippen LogP contribution in [-0.2, 0) is 0 Å². The summed E-state index contributed by atoms with van der Waals surface area (Å²) in [7, 11) is 0. The molecule has 2 heteroatoms. The predicted molar refractivity (Wildman–Crippen MR) is 75.7 cm³/mol. The second kappa shape index (κ2) is 5.78. The Morgan fingerprint density at radius 2 is 1.78 bits per heavy atom. The molecule has 1 atom stereocenters. The molecule has 1 heterocycles. The Bertz CT molecular complexity index is 503. The van der Waals surface area contributed by atoms with Crippen LogP contribution >= 0.6 is 0 Å². The third kappa shape index (κ3) is 2.96. The number of hydrogen-bond acceptors (Lipinski definition) is 2. The lowest BCUT2D eigenvalue weighted by Gasteiger charge is -2.18. The zero-order chi connectivity index (χ0) is 13.0. The zero-order valence-corrected chi connectivity index (χ0v) is 11.3. The van der Waals surface area contributed by atoms with Crippen molar-refractivity contribution in [2.45, 2.75) is 26.8 Å². The normalized spacial score (nSPS) is 12.4. The van der Waals surface area contributed by atoms with Crippen LogP contribution in [0.4, 0.5) is 0 Å². The maximum atomic E-state index is 4.63. The number of benzene rings is 1. The number of nitrogens with one attached hydrogen (secondary N) is 1. The van der Waals surface area contributed by atoms with Crippen LogP contribution in [0.15, 0.2) is 42.5 Å². The van der Waals surface area contributed by atoms with Gasteiger partial charge in [-0.15, -0.1) is 0 Å². The number of hydrogen-bond donors (Lipinski definition) is 1. The molecule has 1 unspecified atom stereocenters. The molecule has 2 nitrogen and oxygen atoms in total. The minimum atomic E-state index is 0.176. The van der Waals surface area contributed by atoms with Gasteiger partial charge in [-0.3, -0.25) is 4.98 Å². The second-order valence-corrected chi connectivity index (χ2v) is 4.61. The van der Waals surface area contributed by atoms with Gasteiger partial charge in [-0.25, -0.2) is 0 Å². The summed E-state index contributed by atoms with van der Waals surface area (Å²) in [6, 6.07) is 15.0. The van der Waals surface area contributed by atoms with Gasteiger partial charge in [0.05, 0.1) is 11.7 Å². The van der Waals surface area contributed by atoms with Gasteiger partial charge < -0.3 is 5.32 Å². The Morgan fingerprint density at radius 1 is 1.06 bits per heavy atom. The highest BCUT2D eigenvalue weighted by molar-refractivity contribution is 5.30. The first-order valence-corrected chi connectivity index (χ1v) is 6.44. The van der Waals surface area contributed by atoms with E-state index in [-0.39, 0.29) is 6.04 Å². The molecule has 0 radical (unpaired) electrons. The minimum absolute atomic E-state index is 0.176. The first-order chi connectivity index (χ1) is 8.70. The summed E-state index contributed by atoms with van der Waals surface area (Å²) < 4.78 is 0. The van der Waals surface area contributed by atoms with Gasteiger partial charge in [0.25, 0.3) is 0 Å². The molecular formula is C16H20N2. The van der Waals surface area contributed by atoms with E-state index in [4.69, 9.17) is 0 Å². The Hall–Kier alpha value is -1.67. The summed E-state index contributed by atoms with van der Waals surface area (Å²) in [6.07, 6.45) is 0. The molecule has 1 aromatic heterocycles. The fourth-order valence-corrected chi connectivity index (χ4v) is 2.08. The largest absolute Gasteiger partial charge is 0.305 e. The molecule has 0 saturated carbocycles. The van der Waals surface area contributed by atoms with Crippen LogP contribution in [0.2, 0.25) is 0 Å². The summed E-state index contributed by atoms with van der Waals surface area (Å²) in [4.78, 5) is 4.63. The Kier molecular flexibility index (Phi) is 4.11. The SMILES string of the molecule is CCNC(c1ccc(C)cc1)c1cccc(C)n1. The first kappa shape index (κ1) is 12.8. The average Bonchev–Trinajstić information content (AvgIpc) is 2.37. The van der Waals surface area contributed by atoms with Crippen molar-refractivity contribution < 1.29 is 0 Å². The van der Waals surface area contributed by atoms with E-state index in [1.807, 2.05) is 13.0 Å². The molecule has 0 aliphatic rings. The molecule has 0 saturated heterocycles. The fourth-order valence-electron chi connectivity index (χ4n) is 2.08. The topological polar surface area (TPSA) is 24.9 Å². The van der Waals surface area contributed by atoms with E-state index in [9.17, 15) is 0 Å². The molecule has 0 amide bonds. The standard InChI is InChI=1S/C16H20N2/c1-4-17-16(14-10-8-12(2)9-11-14)15-7-5-6-13(3)18-15/h5-11,16-17H,4H2,1-3H3. The Morgan fingerprint density at radius 3 is 2.39 bits per heavy atom. The molecule has 0 fully saturated rings. The zero-order valence-electron chi connectivity index (χ0n) is 11.3. The molecule has 0 spiro atoms. The van der Waals surface area contributed by atoms with E-state index in [1.54, 1.807) is 0 Å². The van der Waals surface area contributed by atoms with E-state index in [0.29, 0.717) is 0 Å². The number of aryl methyl sites for hydroxylation is 2. The van der Waals surface area contributed by atoms with Crippen LogP contribution in [0.1, 0.15) is 35.5 Å². The third-order valence-electron chi connectivity index (χ3n) is 3.02. The maximum Gasteiger partial charge on any atom is 0.0751 e. The van der Waals surface area contributed by atoms with Gasteiger partial charge in [0, 0.05) is 5.69 Å². The lowest BCUT2D eigenvalue weighted by atomic mass is 10.0. The van der Waals surface area contributed by atoms with Crippen molar-refractivity contribution in [1.82, 2.24) is 10.3 Å². The predicted octanol–water partition coefficient (Wildman–Crippen LogP) is 3.40. The lowest BCUT2D eigenvalue weighted by Crippen LogP contribution is -2.23. The number of pyridine rings is 1. The van der Waals surface area contributed by atoms with Gasteiger partial charge in [-0.1, -0.05) is 42.8 Å². The molecular weight excluding hydrogens is 220 g/mol. The Balaban J connectivity index is 2.36. The lowest BCUT2D eigenvalue weighted by molar-refractivity contribution is 0.614. The third-order valence-corrected chi connectivity index (χ3v) is 3.02. The summed E-state index contributed by atoms with van der Waals surface area (Å²) >= 11 is 0. The molecule has 2 aromatic rings. The van der Waals surface area contributed by atoms with E-state index >= 15 is 0 Å². The molecule has 2 rings (SSSR count). The summed E-state index contributed by atoms with van der Waals surface area (Å²) in [6.45, 7) is 7.18. The van der Waals surface area contributed by atoms with Crippen LogP contribution < -0.4 is 5.32 Å². The first-order valence-electron chi connectivity index (χ1n) is 6.44. The summed E-state index contributed by atoms with van der Waals surface area (Å²) in [5, 5.41) is 3.50. The van der Waals surface area contributed by atoms with Crippen molar-refractivity contribution in [2.75, 3.05) is 6.54 Å². The van der Waals surface area contributed by atoms with Crippen molar-refractivity contribution >= 4 is 0 Å². The maximum absolute atomic E-state index is 4.63. The van der Waals surface area contributed by atoms with Crippen molar-refractivity contribution in [3.8, 4) is 0 Å². The van der Waals surface area contributed by atoms with Gasteiger partial charge in [-0.2, -0.15) is 0 Å². The van der Waals surface area contributed by atoms with Crippen molar-refractivity contribution in [1.29, 1.82) is 0 Å². The van der Waals surface area contributed by atoms with E-state index in [2.05, 4.69) is 60.5 Å². The van der Waals surface area contributed by atoms with Crippen LogP contribution in [0, 0.1) is 13.8 Å². The van der Waals surface area contributed by atoms with Gasteiger partial charge in [0.2, 0.25) is 0 Å². The summed E-state index contributed by atoms with van der Waals surface area (Å²) in [5.74, 6) is 0. The van der Waals surface area contributed by atoms with E-state index in [1.165, 1.54) is 11.1 Å². The van der Waals surface area contributed by atoms with Gasteiger partial charge in [0.1, 0.15) is 0 Å². The number of rotatable bonds is 4. The van der Waals surface area contributed by atoms with Crippen molar-refractivity contribution in [3.63, 3.8) is 0 Å². The minimum Gasteiger partial charge on any atom is -0.305 e. The average molecular weight is 240 g/mol. The second-order valence-electron chi connectivity index (χ2n) is 4.61. The van der Waals surface area contributed by atoms with Crippen molar-refractivity contribution in [2.24, 2.45) is 0 Å². The molecule has 0 bridgehead atoms. The quantitative estimate of drug-likeness (QED) is 0.886. The van der Waals surface area contributed by atoms with Gasteiger partial charge in [0.15, 0.2) is 0 Å². The van der Waals surface area contributed by atoms with Crippen LogP contribution in [0.5, 0.6) is 0 Å². The highest BCUT2D eigenvalue weighted by atomic mass is 14.9. The highest BCUT2D eigenvalue weighted by Gasteiger charge is 2.13. The Labute approximate surface area is 109 Å². The highest BCUT2D eigenvalue weighted by Crippen LogP contribution is 2.21. The molecule has 0 aliphatic carbocycles. The number of aromatic nitrogens is 1. The smallest absolute Gasteiger partial charge is 0.0751 e.